The molecule has 0 aliphatic heterocycles. The third-order valence-corrected chi connectivity index (χ3v) is 5.70. The second kappa shape index (κ2) is 7.36. The SMILES string of the molecule is CCC(N)C(c1ccc(C)s1)N(C)CCc1cccs1. The Balaban J connectivity index is 2.05. The predicted molar refractivity (Wildman–Crippen MR) is 90.7 cm³/mol. The lowest BCUT2D eigenvalue weighted by molar-refractivity contribution is 0.215. The molecular weight excluding hydrogens is 284 g/mol. The number of likely N-dealkylation sites (N-methyl/N-ethyl adjacent to an activating group) is 1. The van der Waals surface area contributed by atoms with Gasteiger partial charge in [-0.05, 0) is 50.4 Å². The zero-order valence-electron chi connectivity index (χ0n) is 12.5. The zero-order chi connectivity index (χ0) is 14.5. The monoisotopic (exact) mass is 308 g/mol. The van der Waals surface area contributed by atoms with Gasteiger partial charge in [0.2, 0.25) is 0 Å². The van der Waals surface area contributed by atoms with E-state index in [1.807, 2.05) is 22.7 Å². The van der Waals surface area contributed by atoms with E-state index in [-0.39, 0.29) is 6.04 Å². The molecule has 0 spiro atoms. The van der Waals surface area contributed by atoms with Gasteiger partial charge in [-0.1, -0.05) is 13.0 Å². The first kappa shape index (κ1) is 15.7. The molecule has 0 amide bonds. The van der Waals surface area contributed by atoms with Gasteiger partial charge in [-0.15, -0.1) is 22.7 Å². The molecule has 20 heavy (non-hydrogen) atoms. The van der Waals surface area contributed by atoms with Crippen molar-refractivity contribution in [1.82, 2.24) is 4.90 Å². The fourth-order valence-corrected chi connectivity index (χ4v) is 4.29. The Morgan fingerprint density at radius 3 is 2.65 bits per heavy atom. The molecule has 2 atom stereocenters. The van der Waals surface area contributed by atoms with Gasteiger partial charge in [-0.3, -0.25) is 4.90 Å². The van der Waals surface area contributed by atoms with Crippen LogP contribution in [0.3, 0.4) is 0 Å². The number of aryl methyl sites for hydroxylation is 1. The maximum Gasteiger partial charge on any atom is 0.0591 e. The Bertz CT molecular complexity index is 504. The third-order valence-electron chi connectivity index (χ3n) is 3.70. The standard InChI is InChI=1S/C16H24N2S2/c1-4-14(17)16(15-8-7-12(2)20-15)18(3)10-9-13-6-5-11-19-13/h5-8,11,14,16H,4,9-10,17H2,1-3H3. The van der Waals surface area contributed by atoms with Crippen molar-refractivity contribution in [1.29, 1.82) is 0 Å². The molecule has 0 saturated carbocycles. The lowest BCUT2D eigenvalue weighted by Crippen LogP contribution is -2.39. The van der Waals surface area contributed by atoms with E-state index >= 15 is 0 Å². The first-order valence-corrected chi connectivity index (χ1v) is 8.86. The Kier molecular flexibility index (Phi) is 5.78. The van der Waals surface area contributed by atoms with Gasteiger partial charge in [-0.25, -0.2) is 0 Å². The fourth-order valence-electron chi connectivity index (χ4n) is 2.47. The maximum absolute atomic E-state index is 6.38. The van der Waals surface area contributed by atoms with Crippen molar-refractivity contribution in [3.8, 4) is 0 Å². The molecule has 0 fully saturated rings. The minimum atomic E-state index is 0.196. The first-order valence-electron chi connectivity index (χ1n) is 7.16. The van der Waals surface area contributed by atoms with Crippen LogP contribution in [0.4, 0.5) is 0 Å². The van der Waals surface area contributed by atoms with Crippen molar-refractivity contribution in [2.75, 3.05) is 13.6 Å². The number of nitrogens with two attached hydrogens (primary N) is 1. The van der Waals surface area contributed by atoms with E-state index in [1.165, 1.54) is 14.6 Å². The van der Waals surface area contributed by atoms with Crippen molar-refractivity contribution in [2.24, 2.45) is 5.73 Å². The van der Waals surface area contributed by atoms with Gasteiger partial charge in [0.15, 0.2) is 0 Å². The molecule has 2 aromatic rings. The third kappa shape index (κ3) is 3.92. The van der Waals surface area contributed by atoms with Crippen LogP contribution >= 0.6 is 22.7 Å². The summed E-state index contributed by atoms with van der Waals surface area (Å²) in [7, 11) is 2.20. The van der Waals surface area contributed by atoms with Gasteiger partial charge < -0.3 is 5.73 Å². The van der Waals surface area contributed by atoms with Crippen molar-refractivity contribution in [3.05, 3.63) is 44.3 Å². The number of hydrogen-bond acceptors (Lipinski definition) is 4. The Labute approximate surface area is 130 Å². The van der Waals surface area contributed by atoms with Gasteiger partial charge >= 0.3 is 0 Å². The van der Waals surface area contributed by atoms with Gasteiger partial charge in [0.05, 0.1) is 6.04 Å². The van der Waals surface area contributed by atoms with E-state index in [1.54, 1.807) is 0 Å². The van der Waals surface area contributed by atoms with Crippen molar-refractivity contribution < 1.29 is 0 Å². The molecule has 2 rings (SSSR count). The van der Waals surface area contributed by atoms with E-state index in [2.05, 4.69) is 55.4 Å². The number of rotatable bonds is 7. The second-order valence-electron chi connectivity index (χ2n) is 5.28. The Hall–Kier alpha value is -0.680. The van der Waals surface area contributed by atoms with Crippen LogP contribution in [-0.4, -0.2) is 24.5 Å². The molecule has 2 unspecified atom stereocenters. The summed E-state index contributed by atoms with van der Waals surface area (Å²) in [5, 5.41) is 2.15. The quantitative estimate of drug-likeness (QED) is 0.835. The summed E-state index contributed by atoms with van der Waals surface area (Å²) < 4.78 is 0. The summed E-state index contributed by atoms with van der Waals surface area (Å²) in [6, 6.07) is 9.30. The Morgan fingerprint density at radius 1 is 1.30 bits per heavy atom. The predicted octanol–water partition coefficient (Wildman–Crippen LogP) is 4.07. The van der Waals surface area contributed by atoms with Crippen LogP contribution in [0.1, 0.15) is 34.0 Å². The average Bonchev–Trinajstić information content (AvgIpc) is 3.08. The summed E-state index contributed by atoms with van der Waals surface area (Å²) in [5.41, 5.74) is 6.38. The van der Waals surface area contributed by atoms with Gasteiger partial charge in [-0.2, -0.15) is 0 Å². The van der Waals surface area contributed by atoms with Crippen LogP contribution in [0.5, 0.6) is 0 Å². The molecule has 4 heteroatoms. The van der Waals surface area contributed by atoms with E-state index in [0.29, 0.717) is 6.04 Å². The van der Waals surface area contributed by atoms with Crippen molar-refractivity contribution in [2.45, 2.75) is 38.8 Å². The summed E-state index contributed by atoms with van der Waals surface area (Å²) >= 11 is 3.71. The molecule has 0 aliphatic carbocycles. The fraction of sp³-hybridized carbons (Fsp3) is 0.500. The summed E-state index contributed by atoms with van der Waals surface area (Å²) in [6.45, 7) is 5.38. The highest BCUT2D eigenvalue weighted by Crippen LogP contribution is 2.30. The van der Waals surface area contributed by atoms with E-state index in [0.717, 1.165) is 19.4 Å². The smallest absolute Gasteiger partial charge is 0.0591 e. The van der Waals surface area contributed by atoms with Crippen molar-refractivity contribution >= 4 is 22.7 Å². The molecular formula is C16H24N2S2. The lowest BCUT2D eigenvalue weighted by Gasteiger charge is -2.31. The molecule has 2 N–H and O–H groups in total. The number of thiophene rings is 2. The molecule has 0 radical (unpaired) electrons. The van der Waals surface area contributed by atoms with Crippen LogP contribution in [-0.2, 0) is 6.42 Å². The normalized spacial score (nSPS) is 14.7. The molecule has 2 aromatic heterocycles. The Morgan fingerprint density at radius 2 is 2.10 bits per heavy atom. The molecule has 110 valence electrons. The lowest BCUT2D eigenvalue weighted by atomic mass is 10.0. The second-order valence-corrected chi connectivity index (χ2v) is 7.63. The minimum Gasteiger partial charge on any atom is -0.326 e. The largest absolute Gasteiger partial charge is 0.326 e. The molecule has 0 saturated heterocycles. The minimum absolute atomic E-state index is 0.196. The highest BCUT2D eigenvalue weighted by molar-refractivity contribution is 7.12. The average molecular weight is 309 g/mol. The van der Waals surface area contributed by atoms with E-state index in [4.69, 9.17) is 5.73 Å². The number of hydrogen-bond donors (Lipinski definition) is 1. The summed E-state index contributed by atoms with van der Waals surface area (Å²) in [4.78, 5) is 6.62. The highest BCUT2D eigenvalue weighted by Gasteiger charge is 2.24. The number of nitrogens with zero attached hydrogens (tertiary/aromatic N) is 1. The molecule has 2 heterocycles. The zero-order valence-corrected chi connectivity index (χ0v) is 14.1. The molecule has 0 aliphatic rings. The first-order chi connectivity index (χ1) is 9.61. The van der Waals surface area contributed by atoms with E-state index < -0.39 is 0 Å². The van der Waals surface area contributed by atoms with E-state index in [9.17, 15) is 0 Å². The maximum atomic E-state index is 6.38. The summed E-state index contributed by atoms with van der Waals surface area (Å²) in [6.07, 6.45) is 2.11. The topological polar surface area (TPSA) is 29.3 Å². The highest BCUT2D eigenvalue weighted by atomic mass is 32.1. The van der Waals surface area contributed by atoms with Gasteiger partial charge in [0.25, 0.3) is 0 Å². The van der Waals surface area contributed by atoms with Crippen LogP contribution in [0, 0.1) is 6.92 Å². The van der Waals surface area contributed by atoms with Crippen LogP contribution in [0.2, 0.25) is 0 Å². The molecule has 0 aromatic carbocycles. The molecule has 2 nitrogen and oxygen atoms in total. The summed E-state index contributed by atoms with van der Waals surface area (Å²) in [5.74, 6) is 0. The van der Waals surface area contributed by atoms with Gasteiger partial charge in [0, 0.05) is 27.2 Å². The van der Waals surface area contributed by atoms with Gasteiger partial charge in [0.1, 0.15) is 0 Å². The van der Waals surface area contributed by atoms with Crippen LogP contribution in [0.25, 0.3) is 0 Å². The van der Waals surface area contributed by atoms with Crippen molar-refractivity contribution in [3.63, 3.8) is 0 Å². The van der Waals surface area contributed by atoms with Crippen LogP contribution in [0.15, 0.2) is 29.6 Å². The molecule has 0 bridgehead atoms. The van der Waals surface area contributed by atoms with Crippen LogP contribution < -0.4 is 5.73 Å².